The van der Waals surface area contributed by atoms with Crippen LogP contribution in [-0.2, 0) is 25.6 Å². The molecule has 0 aromatic heterocycles. The summed E-state index contributed by atoms with van der Waals surface area (Å²) in [5.74, 6) is 1.12. The molecule has 2 amide bonds. The predicted octanol–water partition coefficient (Wildman–Crippen LogP) is 6.10. The lowest BCUT2D eigenvalue weighted by Gasteiger charge is -2.32. The van der Waals surface area contributed by atoms with Gasteiger partial charge in [-0.05, 0) is 56.0 Å². The lowest BCUT2D eigenvalue weighted by Crippen LogP contribution is -2.51. The molecule has 0 aliphatic carbocycles. The number of hydrogen-bond acceptors (Lipinski definition) is 7. The van der Waals surface area contributed by atoms with Crippen molar-refractivity contribution >= 4 is 11.8 Å². The normalized spacial score (nSPS) is 19.2. The number of piperazine rings is 1. The van der Waals surface area contributed by atoms with Crippen molar-refractivity contribution in [1.29, 1.82) is 0 Å². The number of nitrogens with one attached hydrogen (secondary N) is 1. The molecule has 9 heteroatoms. The van der Waals surface area contributed by atoms with Gasteiger partial charge in [-0.25, -0.2) is 0 Å². The van der Waals surface area contributed by atoms with Gasteiger partial charge in [-0.3, -0.25) is 14.5 Å². The van der Waals surface area contributed by atoms with Crippen molar-refractivity contribution in [2.24, 2.45) is 5.41 Å². The molecule has 45 heavy (non-hydrogen) atoms. The number of nitrogens with zero attached hydrogens (tertiary/aromatic N) is 3. The third-order valence-corrected chi connectivity index (χ3v) is 6.94. The maximum absolute atomic E-state index is 13.4. The quantitative estimate of drug-likeness (QED) is 0.380. The van der Waals surface area contributed by atoms with E-state index in [0.29, 0.717) is 32.7 Å². The molecule has 3 aliphatic rings. The van der Waals surface area contributed by atoms with Gasteiger partial charge in [-0.1, -0.05) is 66.7 Å². The Morgan fingerprint density at radius 3 is 2.27 bits per heavy atom. The zero-order chi connectivity index (χ0) is 34.4. The molecular weight excluding hydrogens is 568 g/mol. The van der Waals surface area contributed by atoms with Crippen LogP contribution in [0.4, 0.5) is 0 Å². The third-order valence-electron chi connectivity index (χ3n) is 6.94. The number of rotatable bonds is 6. The molecule has 1 N–H and O–H groups in total. The Labute approximate surface area is 274 Å². The first-order valence-corrected chi connectivity index (χ1v) is 16.5. The van der Waals surface area contributed by atoms with Crippen molar-refractivity contribution in [1.82, 2.24) is 20.0 Å². The molecule has 0 unspecified atom stereocenters. The summed E-state index contributed by atoms with van der Waals surface area (Å²) in [4.78, 5) is 32.6. The molecule has 0 spiro atoms. The van der Waals surface area contributed by atoms with Crippen molar-refractivity contribution < 1.29 is 23.8 Å². The van der Waals surface area contributed by atoms with E-state index >= 15 is 0 Å². The van der Waals surface area contributed by atoms with Crippen LogP contribution in [0, 0.1) is 5.41 Å². The Morgan fingerprint density at radius 1 is 1.16 bits per heavy atom. The Kier molecular flexibility index (Phi) is 22.0. The van der Waals surface area contributed by atoms with Gasteiger partial charge in [0.05, 0.1) is 26.0 Å². The summed E-state index contributed by atoms with van der Waals surface area (Å²) in [5, 5.41) is 3.30. The number of methoxy groups -OCH3 is 1. The largest absolute Gasteiger partial charge is 0.497 e. The average molecular weight is 633 g/mol. The Bertz CT molecular complexity index is 1000. The van der Waals surface area contributed by atoms with Gasteiger partial charge < -0.3 is 29.3 Å². The molecule has 2 saturated heterocycles. The molecule has 3 aliphatic heterocycles. The fourth-order valence-electron chi connectivity index (χ4n) is 4.99. The van der Waals surface area contributed by atoms with E-state index in [9.17, 15) is 9.59 Å². The SMILES string of the molecule is C=CC.CC.CC.CC1=COCOC1.COc1cccc(CN(C(=O)CC(C)(C)C)[C@H]2C[C@@H](C(=O)N3CCNCC3)N(C)C2)c1. The van der Waals surface area contributed by atoms with Crippen LogP contribution in [0.3, 0.4) is 0 Å². The minimum atomic E-state index is -0.168. The number of hydrogen-bond donors (Lipinski definition) is 1. The first kappa shape index (κ1) is 42.1. The highest BCUT2D eigenvalue weighted by Gasteiger charge is 2.41. The van der Waals surface area contributed by atoms with Crippen molar-refractivity contribution in [2.45, 2.75) is 93.8 Å². The van der Waals surface area contributed by atoms with E-state index in [0.717, 1.165) is 49.7 Å². The van der Waals surface area contributed by atoms with Gasteiger partial charge in [0.1, 0.15) is 5.75 Å². The summed E-state index contributed by atoms with van der Waals surface area (Å²) in [6, 6.07) is 7.73. The summed E-state index contributed by atoms with van der Waals surface area (Å²) in [6.07, 6.45) is 4.64. The second-order valence-corrected chi connectivity index (χ2v) is 12.0. The van der Waals surface area contributed by atoms with Gasteiger partial charge in [0.15, 0.2) is 6.79 Å². The van der Waals surface area contributed by atoms with Gasteiger partial charge in [0.25, 0.3) is 0 Å². The molecule has 2 atom stereocenters. The Balaban J connectivity index is 0.00000116. The summed E-state index contributed by atoms with van der Waals surface area (Å²) < 4.78 is 15.1. The van der Waals surface area contributed by atoms with Crippen LogP contribution in [0.2, 0.25) is 0 Å². The molecule has 0 radical (unpaired) electrons. The van der Waals surface area contributed by atoms with Gasteiger partial charge in [-0.2, -0.15) is 0 Å². The summed E-state index contributed by atoms with van der Waals surface area (Å²) in [7, 11) is 3.66. The molecular formula is C36H64N4O5. The molecule has 9 nitrogen and oxygen atoms in total. The number of amides is 2. The van der Waals surface area contributed by atoms with Gasteiger partial charge >= 0.3 is 0 Å². The molecule has 1 aromatic rings. The lowest BCUT2D eigenvalue weighted by atomic mass is 9.91. The summed E-state index contributed by atoms with van der Waals surface area (Å²) in [5.41, 5.74) is 2.09. The van der Waals surface area contributed by atoms with E-state index in [4.69, 9.17) is 14.2 Å². The van der Waals surface area contributed by atoms with Crippen molar-refractivity contribution in [3.8, 4) is 5.75 Å². The number of likely N-dealkylation sites (N-methyl/N-ethyl adjacent to an activating group) is 1. The highest BCUT2D eigenvalue weighted by molar-refractivity contribution is 5.83. The molecule has 258 valence electrons. The molecule has 4 rings (SSSR count). The van der Waals surface area contributed by atoms with E-state index in [1.165, 1.54) is 0 Å². The number of carbonyl (C=O) groups is 2. The minimum absolute atomic E-state index is 0.0166. The Morgan fingerprint density at radius 2 is 1.78 bits per heavy atom. The minimum Gasteiger partial charge on any atom is -0.497 e. The van der Waals surface area contributed by atoms with Crippen molar-refractivity contribution in [3.63, 3.8) is 0 Å². The highest BCUT2D eigenvalue weighted by Crippen LogP contribution is 2.28. The van der Waals surface area contributed by atoms with E-state index < -0.39 is 0 Å². The molecule has 1 aromatic carbocycles. The first-order valence-electron chi connectivity index (χ1n) is 16.5. The van der Waals surface area contributed by atoms with E-state index in [1.54, 1.807) is 19.4 Å². The zero-order valence-electron chi connectivity index (χ0n) is 30.3. The molecule has 0 saturated carbocycles. The van der Waals surface area contributed by atoms with Gasteiger partial charge in [0, 0.05) is 51.7 Å². The highest BCUT2D eigenvalue weighted by atomic mass is 16.7. The number of carbonyl (C=O) groups excluding carboxylic acids is 2. The van der Waals surface area contributed by atoms with Crippen LogP contribution in [0.5, 0.6) is 5.75 Å². The van der Waals surface area contributed by atoms with Crippen LogP contribution < -0.4 is 10.1 Å². The Hall–Kier alpha value is -2.88. The third kappa shape index (κ3) is 16.3. The van der Waals surface area contributed by atoms with Crippen LogP contribution in [0.15, 0.2) is 48.8 Å². The van der Waals surface area contributed by atoms with Crippen LogP contribution in [0.1, 0.15) is 80.7 Å². The second kappa shape index (κ2) is 23.5. The molecule has 0 bridgehead atoms. The van der Waals surface area contributed by atoms with Gasteiger partial charge in [-0.15, -0.1) is 6.58 Å². The number of likely N-dealkylation sites (tertiary alicyclic amines) is 1. The van der Waals surface area contributed by atoms with Crippen LogP contribution in [0.25, 0.3) is 0 Å². The average Bonchev–Trinajstić information content (AvgIpc) is 3.43. The number of allylic oxidation sites excluding steroid dienone is 1. The van der Waals surface area contributed by atoms with E-state index in [2.05, 4.69) is 37.6 Å². The number of benzene rings is 1. The van der Waals surface area contributed by atoms with Crippen molar-refractivity contribution in [2.75, 3.05) is 60.3 Å². The van der Waals surface area contributed by atoms with Gasteiger partial charge in [0.2, 0.25) is 11.8 Å². The fourth-order valence-corrected chi connectivity index (χ4v) is 4.99. The smallest absolute Gasteiger partial charge is 0.240 e. The monoisotopic (exact) mass is 632 g/mol. The zero-order valence-corrected chi connectivity index (χ0v) is 30.3. The first-order chi connectivity index (χ1) is 21.5. The lowest BCUT2D eigenvalue weighted by molar-refractivity contribution is -0.137. The fraction of sp³-hybridized carbons (Fsp3) is 0.667. The summed E-state index contributed by atoms with van der Waals surface area (Å²) in [6.45, 7) is 27.1. The topological polar surface area (TPSA) is 83.6 Å². The van der Waals surface area contributed by atoms with Crippen molar-refractivity contribution in [3.05, 3.63) is 54.3 Å². The van der Waals surface area contributed by atoms with E-state index in [-0.39, 0.29) is 29.3 Å². The van der Waals surface area contributed by atoms with Crippen LogP contribution >= 0.6 is 0 Å². The second-order valence-electron chi connectivity index (χ2n) is 12.0. The van der Waals surface area contributed by atoms with Crippen LogP contribution in [-0.4, -0.2) is 98.9 Å². The van der Waals surface area contributed by atoms with E-state index in [1.807, 2.05) is 82.7 Å². The number of ether oxygens (including phenoxy) is 3. The maximum atomic E-state index is 13.4. The maximum Gasteiger partial charge on any atom is 0.240 e. The summed E-state index contributed by atoms with van der Waals surface area (Å²) >= 11 is 0. The molecule has 3 heterocycles. The predicted molar refractivity (Wildman–Crippen MR) is 186 cm³/mol. The standard InChI is InChI=1S/C24H38N4O3.C5H8O2.C3H6.2C2H6/c1-24(2,3)15-22(29)28(16-18-7-6-8-20(13-18)31-5)19-14-21(26(4)17-19)23(30)27-11-9-25-10-12-27;1-5-2-6-4-7-3-5;1-3-2;2*1-2/h6-8,13,19,21,25H,9-12,14-17H2,1-5H3;2H,3-4H2,1H3;3H,1H2,2H3;2*1-2H3/t19-,21-;;;;/m0..../s1. The molecule has 2 fully saturated rings.